The number of hydrogen-bond donors (Lipinski definition) is 4. The predicted molar refractivity (Wildman–Crippen MR) is 154 cm³/mol. The van der Waals surface area contributed by atoms with Crippen LogP contribution in [0.3, 0.4) is 0 Å². The monoisotopic (exact) mass is 552 g/mol. The van der Waals surface area contributed by atoms with Crippen LogP contribution in [0.15, 0.2) is 71.8 Å². The molecule has 9 heteroatoms. The van der Waals surface area contributed by atoms with Crippen LogP contribution in [0, 0.1) is 13.8 Å². The number of allylic oxidation sites excluding steroid dienone is 3. The van der Waals surface area contributed by atoms with Crippen molar-refractivity contribution < 1.29 is 34.0 Å². The van der Waals surface area contributed by atoms with Crippen molar-refractivity contribution >= 4 is 12.2 Å². The van der Waals surface area contributed by atoms with Crippen molar-refractivity contribution in [3.8, 4) is 11.5 Å². The van der Waals surface area contributed by atoms with E-state index in [1.807, 2.05) is 13.8 Å². The fraction of sp³-hybridized carbons (Fsp3) is 0.355. The first-order valence-corrected chi connectivity index (χ1v) is 13.0. The van der Waals surface area contributed by atoms with Gasteiger partial charge in [0.15, 0.2) is 0 Å². The van der Waals surface area contributed by atoms with E-state index in [2.05, 4.69) is 5.32 Å². The number of ether oxygens (including phenoxy) is 3. The van der Waals surface area contributed by atoms with Crippen LogP contribution in [0.25, 0.3) is 0 Å². The summed E-state index contributed by atoms with van der Waals surface area (Å²) < 4.78 is 16.9. The largest absolute Gasteiger partial charge is 0.508 e. The fourth-order valence-electron chi connectivity index (χ4n) is 4.57. The number of amides is 1. The number of aldehydes is 1. The van der Waals surface area contributed by atoms with Crippen LogP contribution < -0.4 is 11.1 Å². The SMILES string of the molecule is C\C=C(/C(C=O)=C\C=C\C(=O)NCCOCCOCCN)C(OC)(c1ccc(O)cc1C)c1ccc(O)cc1C. The molecule has 0 atom stereocenters. The van der Waals surface area contributed by atoms with E-state index in [1.54, 1.807) is 62.6 Å². The zero-order valence-corrected chi connectivity index (χ0v) is 23.6. The Morgan fingerprint density at radius 2 is 1.55 bits per heavy atom. The molecule has 2 rings (SSSR count). The summed E-state index contributed by atoms with van der Waals surface area (Å²) in [4.78, 5) is 24.7. The number of aromatic hydroxyl groups is 2. The molecular weight excluding hydrogens is 512 g/mol. The average molecular weight is 553 g/mol. The van der Waals surface area contributed by atoms with E-state index in [0.717, 1.165) is 11.1 Å². The molecule has 1 amide bonds. The first-order chi connectivity index (χ1) is 19.2. The number of nitrogens with one attached hydrogen (secondary N) is 1. The van der Waals surface area contributed by atoms with Gasteiger partial charge in [0.05, 0.1) is 26.4 Å². The van der Waals surface area contributed by atoms with Crippen molar-refractivity contribution in [1.82, 2.24) is 5.32 Å². The number of carbonyl (C=O) groups is 2. The van der Waals surface area contributed by atoms with Gasteiger partial charge in [0.1, 0.15) is 23.4 Å². The molecule has 0 unspecified atom stereocenters. The number of phenols is 2. The van der Waals surface area contributed by atoms with Gasteiger partial charge in [0.25, 0.3) is 0 Å². The molecule has 0 spiro atoms. The number of hydrogen-bond acceptors (Lipinski definition) is 8. The molecule has 5 N–H and O–H groups in total. The number of nitrogens with two attached hydrogens (primary N) is 1. The standard InChI is InChI=1S/C31H40N2O7/c1-5-27(24(21-34)7-6-8-30(37)33-14-16-40-18-17-39-15-13-32)31(38-4,28-11-9-25(35)19-22(28)2)29-12-10-26(36)20-23(29)3/h5-12,19-21,35-36H,13-18,32H2,1-4H3,(H,33,37)/b8-6+,24-7-,27-5+. The van der Waals surface area contributed by atoms with Crippen molar-refractivity contribution in [3.05, 3.63) is 94.1 Å². The van der Waals surface area contributed by atoms with Crippen LogP contribution >= 0.6 is 0 Å². The number of carbonyl (C=O) groups excluding carboxylic acids is 2. The average Bonchev–Trinajstić information content (AvgIpc) is 2.92. The van der Waals surface area contributed by atoms with E-state index < -0.39 is 5.60 Å². The topological polar surface area (TPSA) is 140 Å². The molecule has 0 radical (unpaired) electrons. The summed E-state index contributed by atoms with van der Waals surface area (Å²) in [6.07, 6.45) is 6.86. The highest BCUT2D eigenvalue weighted by atomic mass is 16.5. The highest BCUT2D eigenvalue weighted by Gasteiger charge is 2.41. The molecule has 9 nitrogen and oxygen atoms in total. The summed E-state index contributed by atoms with van der Waals surface area (Å²) in [5, 5.41) is 22.9. The molecule has 0 saturated carbocycles. The Labute approximate surface area is 235 Å². The summed E-state index contributed by atoms with van der Waals surface area (Å²) in [5.74, 6) is -0.143. The lowest BCUT2D eigenvalue weighted by Gasteiger charge is -2.38. The number of aryl methyl sites for hydroxylation is 2. The molecule has 40 heavy (non-hydrogen) atoms. The maximum absolute atomic E-state index is 12.4. The van der Waals surface area contributed by atoms with Gasteiger partial charge in [-0.05, 0) is 72.9 Å². The van der Waals surface area contributed by atoms with E-state index in [1.165, 1.54) is 12.2 Å². The van der Waals surface area contributed by atoms with Crippen LogP contribution in [0.2, 0.25) is 0 Å². The summed E-state index contributed by atoms with van der Waals surface area (Å²) >= 11 is 0. The molecule has 0 aliphatic rings. The highest BCUT2D eigenvalue weighted by Crippen LogP contribution is 2.46. The first-order valence-electron chi connectivity index (χ1n) is 13.0. The third-order valence-corrected chi connectivity index (χ3v) is 6.29. The van der Waals surface area contributed by atoms with Crippen LogP contribution in [-0.4, -0.2) is 69.0 Å². The van der Waals surface area contributed by atoms with Crippen LogP contribution in [0.5, 0.6) is 11.5 Å². The Morgan fingerprint density at radius 1 is 0.975 bits per heavy atom. The third-order valence-electron chi connectivity index (χ3n) is 6.29. The van der Waals surface area contributed by atoms with Crippen LogP contribution in [0.1, 0.15) is 29.2 Å². The van der Waals surface area contributed by atoms with Gasteiger partial charge < -0.3 is 35.5 Å². The molecule has 0 aliphatic carbocycles. The van der Waals surface area contributed by atoms with Gasteiger partial charge in [-0.1, -0.05) is 30.4 Å². The van der Waals surface area contributed by atoms with E-state index in [-0.39, 0.29) is 23.0 Å². The summed E-state index contributed by atoms with van der Waals surface area (Å²) in [6, 6.07) is 9.87. The van der Waals surface area contributed by atoms with Crippen molar-refractivity contribution in [1.29, 1.82) is 0 Å². The molecule has 0 aromatic heterocycles. The molecule has 0 saturated heterocycles. The van der Waals surface area contributed by atoms with Gasteiger partial charge in [-0.2, -0.15) is 0 Å². The minimum absolute atomic E-state index is 0.0983. The lowest BCUT2D eigenvalue weighted by atomic mass is 9.73. The normalized spacial score (nSPS) is 12.6. The quantitative estimate of drug-likeness (QED) is 0.108. The van der Waals surface area contributed by atoms with Crippen molar-refractivity contribution in [2.24, 2.45) is 5.73 Å². The molecule has 2 aromatic carbocycles. The lowest BCUT2D eigenvalue weighted by Crippen LogP contribution is -2.35. The lowest BCUT2D eigenvalue weighted by molar-refractivity contribution is -0.116. The Morgan fingerprint density at radius 3 is 2.02 bits per heavy atom. The first kappa shape index (κ1) is 32.5. The Bertz CT molecular complexity index is 1180. The number of methoxy groups -OCH3 is 1. The van der Waals surface area contributed by atoms with Gasteiger partial charge in [0.2, 0.25) is 5.91 Å². The van der Waals surface area contributed by atoms with Gasteiger partial charge in [-0.3, -0.25) is 9.59 Å². The van der Waals surface area contributed by atoms with E-state index in [0.29, 0.717) is 62.5 Å². The second-order valence-electron chi connectivity index (χ2n) is 8.99. The van der Waals surface area contributed by atoms with Gasteiger partial charge in [0, 0.05) is 31.8 Å². The molecular formula is C31H40N2O7. The van der Waals surface area contributed by atoms with Crippen LogP contribution in [0.4, 0.5) is 0 Å². The highest BCUT2D eigenvalue weighted by molar-refractivity contribution is 5.88. The van der Waals surface area contributed by atoms with E-state index >= 15 is 0 Å². The van der Waals surface area contributed by atoms with Crippen molar-refractivity contribution in [2.75, 3.05) is 46.6 Å². The second kappa shape index (κ2) is 16.4. The summed E-state index contributed by atoms with van der Waals surface area (Å²) in [7, 11) is 1.54. The third kappa shape index (κ3) is 8.37. The molecule has 0 bridgehead atoms. The fourth-order valence-corrected chi connectivity index (χ4v) is 4.57. The molecule has 0 aliphatic heterocycles. The maximum Gasteiger partial charge on any atom is 0.244 e. The molecule has 0 heterocycles. The molecule has 0 fully saturated rings. The second-order valence-corrected chi connectivity index (χ2v) is 8.99. The minimum atomic E-state index is -1.27. The number of benzene rings is 2. The van der Waals surface area contributed by atoms with Gasteiger partial charge in [-0.25, -0.2) is 0 Å². The van der Waals surface area contributed by atoms with Gasteiger partial charge in [-0.15, -0.1) is 0 Å². The van der Waals surface area contributed by atoms with Crippen molar-refractivity contribution in [2.45, 2.75) is 26.4 Å². The Balaban J connectivity index is 2.35. The van der Waals surface area contributed by atoms with Crippen molar-refractivity contribution in [3.63, 3.8) is 0 Å². The maximum atomic E-state index is 12.4. The number of rotatable bonds is 16. The molecule has 216 valence electrons. The smallest absolute Gasteiger partial charge is 0.244 e. The van der Waals surface area contributed by atoms with E-state index in [9.17, 15) is 19.8 Å². The van der Waals surface area contributed by atoms with Gasteiger partial charge >= 0.3 is 0 Å². The summed E-state index contributed by atoms with van der Waals surface area (Å²) in [6.45, 7) is 7.91. The van der Waals surface area contributed by atoms with Crippen LogP contribution in [-0.2, 0) is 29.4 Å². The zero-order chi connectivity index (χ0) is 29.5. The predicted octanol–water partition coefficient (Wildman–Crippen LogP) is 3.34. The summed E-state index contributed by atoms with van der Waals surface area (Å²) in [5.41, 5.74) is 7.79. The minimum Gasteiger partial charge on any atom is -0.508 e. The number of phenolic OH excluding ortho intramolecular Hbond substituents is 2. The zero-order valence-electron chi connectivity index (χ0n) is 23.6. The Hall–Kier alpha value is -3.76. The Kier molecular flexibility index (Phi) is 13.3. The molecule has 2 aromatic rings. The van der Waals surface area contributed by atoms with E-state index in [4.69, 9.17) is 19.9 Å².